The first kappa shape index (κ1) is 18.7. The quantitative estimate of drug-likeness (QED) is 0.588. The van der Waals surface area contributed by atoms with Crippen LogP contribution in [0.15, 0.2) is 17.0 Å². The summed E-state index contributed by atoms with van der Waals surface area (Å²) in [4.78, 5) is 25.1. The van der Waals surface area contributed by atoms with Crippen LogP contribution in [-0.4, -0.2) is 45.5 Å². The molecule has 1 aromatic rings. The molecule has 1 saturated heterocycles. The van der Waals surface area contributed by atoms with Gasteiger partial charge in [-0.15, -0.1) is 0 Å². The minimum atomic E-state index is -0.966. The lowest BCUT2D eigenvalue weighted by Crippen LogP contribution is -2.30. The number of carbonyl (C=O) groups excluding carboxylic acids is 1. The molecule has 138 valence electrons. The normalized spacial score (nSPS) is 20.5. The molecule has 26 heavy (non-hydrogen) atoms. The van der Waals surface area contributed by atoms with Crippen LogP contribution in [0.4, 0.5) is 0 Å². The van der Waals surface area contributed by atoms with Crippen LogP contribution in [0.1, 0.15) is 31.4 Å². The third-order valence-electron chi connectivity index (χ3n) is 4.04. The Labute approximate surface area is 161 Å². The van der Waals surface area contributed by atoms with Gasteiger partial charge in [0.15, 0.2) is 0 Å². The fourth-order valence-corrected chi connectivity index (χ4v) is 4.19. The Morgan fingerprint density at radius 3 is 3.00 bits per heavy atom. The molecule has 1 aromatic carbocycles. The number of carbonyl (C=O) groups is 2. The van der Waals surface area contributed by atoms with Crippen molar-refractivity contribution in [2.24, 2.45) is 0 Å². The van der Waals surface area contributed by atoms with Crippen molar-refractivity contribution < 1.29 is 24.2 Å². The third kappa shape index (κ3) is 3.86. The molecule has 0 saturated carbocycles. The van der Waals surface area contributed by atoms with Gasteiger partial charge in [0.05, 0.1) is 17.9 Å². The van der Waals surface area contributed by atoms with Gasteiger partial charge in [-0.25, -0.2) is 0 Å². The zero-order valence-electron chi connectivity index (χ0n) is 14.5. The maximum atomic E-state index is 12.6. The SMILES string of the molecule is CCOc1cc2c(cc1/C=C1\SC(=S)N(CCC(=O)O)C1=O)OC(C)C2. The fraction of sp³-hybridized carbons (Fsp3) is 0.389. The van der Waals surface area contributed by atoms with Crippen LogP contribution in [0.3, 0.4) is 0 Å². The van der Waals surface area contributed by atoms with E-state index >= 15 is 0 Å². The van der Waals surface area contributed by atoms with Gasteiger partial charge in [-0.05, 0) is 32.1 Å². The van der Waals surface area contributed by atoms with E-state index < -0.39 is 5.97 Å². The summed E-state index contributed by atoms with van der Waals surface area (Å²) in [6, 6.07) is 3.84. The van der Waals surface area contributed by atoms with E-state index in [-0.39, 0.29) is 25.0 Å². The number of hydrogen-bond acceptors (Lipinski definition) is 6. The minimum Gasteiger partial charge on any atom is -0.493 e. The number of fused-ring (bicyclic) bond motifs is 1. The van der Waals surface area contributed by atoms with Crippen LogP contribution in [0.25, 0.3) is 6.08 Å². The average molecular weight is 393 g/mol. The molecule has 0 spiro atoms. The van der Waals surface area contributed by atoms with Crippen LogP contribution in [0, 0.1) is 0 Å². The highest BCUT2D eigenvalue weighted by atomic mass is 32.2. The predicted molar refractivity (Wildman–Crippen MR) is 104 cm³/mol. The molecule has 6 nitrogen and oxygen atoms in total. The van der Waals surface area contributed by atoms with E-state index in [4.69, 9.17) is 26.8 Å². The summed E-state index contributed by atoms with van der Waals surface area (Å²) in [6.07, 6.45) is 2.53. The molecule has 1 unspecified atom stereocenters. The molecular weight excluding hydrogens is 374 g/mol. The van der Waals surface area contributed by atoms with Gasteiger partial charge in [0.1, 0.15) is 21.9 Å². The average Bonchev–Trinajstić information content (AvgIpc) is 3.05. The summed E-state index contributed by atoms with van der Waals surface area (Å²) in [7, 11) is 0. The number of aliphatic carboxylic acids is 1. The first-order valence-electron chi connectivity index (χ1n) is 8.32. The van der Waals surface area contributed by atoms with Crippen LogP contribution in [0.2, 0.25) is 0 Å². The van der Waals surface area contributed by atoms with Crippen LogP contribution < -0.4 is 9.47 Å². The molecule has 8 heteroatoms. The predicted octanol–water partition coefficient (Wildman–Crippen LogP) is 3.08. The number of ether oxygens (including phenoxy) is 2. The van der Waals surface area contributed by atoms with Crippen molar-refractivity contribution in [3.8, 4) is 11.5 Å². The van der Waals surface area contributed by atoms with E-state index in [9.17, 15) is 9.59 Å². The lowest BCUT2D eigenvalue weighted by Gasteiger charge is -2.12. The number of hydrogen-bond donors (Lipinski definition) is 1. The van der Waals surface area contributed by atoms with Gasteiger partial charge < -0.3 is 14.6 Å². The molecule has 1 amide bonds. The third-order valence-corrected chi connectivity index (χ3v) is 5.42. The molecule has 3 rings (SSSR count). The molecule has 1 atom stereocenters. The number of carboxylic acid groups (broad SMARTS) is 1. The monoisotopic (exact) mass is 393 g/mol. The van der Waals surface area contributed by atoms with E-state index in [1.165, 1.54) is 16.7 Å². The first-order chi connectivity index (χ1) is 12.4. The van der Waals surface area contributed by atoms with Crippen molar-refractivity contribution in [2.45, 2.75) is 32.8 Å². The second-order valence-corrected chi connectivity index (χ2v) is 7.72. The molecular formula is C18H19NO5S2. The Hall–Kier alpha value is -2.06. The van der Waals surface area contributed by atoms with Gasteiger partial charge in [-0.3, -0.25) is 14.5 Å². The summed E-state index contributed by atoms with van der Waals surface area (Å²) in [5.74, 6) is 0.248. The molecule has 0 bridgehead atoms. The van der Waals surface area contributed by atoms with Crippen LogP contribution in [0.5, 0.6) is 11.5 Å². The molecule has 0 radical (unpaired) electrons. The Morgan fingerprint density at radius 1 is 1.54 bits per heavy atom. The van der Waals surface area contributed by atoms with E-state index in [0.717, 1.165) is 23.3 Å². The van der Waals surface area contributed by atoms with Gasteiger partial charge in [0.2, 0.25) is 0 Å². The summed E-state index contributed by atoms with van der Waals surface area (Å²) in [5, 5.41) is 8.82. The Balaban J connectivity index is 1.89. The van der Waals surface area contributed by atoms with Gasteiger partial charge in [0.25, 0.3) is 5.91 Å². The summed E-state index contributed by atoms with van der Waals surface area (Å²) in [6.45, 7) is 4.49. The van der Waals surface area contributed by atoms with Crippen molar-refractivity contribution in [3.05, 3.63) is 28.2 Å². The maximum absolute atomic E-state index is 12.6. The van der Waals surface area contributed by atoms with Crippen molar-refractivity contribution in [2.75, 3.05) is 13.2 Å². The molecule has 2 aliphatic heterocycles. The highest BCUT2D eigenvalue weighted by Crippen LogP contribution is 2.39. The molecule has 1 N–H and O–H groups in total. The minimum absolute atomic E-state index is 0.0699. The molecule has 1 fully saturated rings. The van der Waals surface area contributed by atoms with Gasteiger partial charge in [-0.2, -0.15) is 0 Å². The maximum Gasteiger partial charge on any atom is 0.305 e. The smallest absolute Gasteiger partial charge is 0.305 e. The molecule has 0 aromatic heterocycles. The van der Waals surface area contributed by atoms with Crippen molar-refractivity contribution in [3.63, 3.8) is 0 Å². The van der Waals surface area contributed by atoms with Crippen LogP contribution in [-0.2, 0) is 16.0 Å². The van der Waals surface area contributed by atoms with Gasteiger partial charge in [-0.1, -0.05) is 24.0 Å². The van der Waals surface area contributed by atoms with Crippen molar-refractivity contribution >= 4 is 46.3 Å². The topological polar surface area (TPSA) is 76.1 Å². The number of thiocarbonyl (C=S) groups is 1. The van der Waals surface area contributed by atoms with E-state index in [1.807, 2.05) is 26.0 Å². The summed E-state index contributed by atoms with van der Waals surface area (Å²) in [5.41, 5.74) is 1.84. The number of nitrogens with zero attached hydrogens (tertiary/aromatic N) is 1. The Kier molecular flexibility index (Phi) is 5.52. The largest absolute Gasteiger partial charge is 0.493 e. The van der Waals surface area contributed by atoms with E-state index in [2.05, 4.69) is 0 Å². The lowest BCUT2D eigenvalue weighted by atomic mass is 10.1. The highest BCUT2D eigenvalue weighted by molar-refractivity contribution is 8.26. The number of benzene rings is 1. The standard InChI is InChI=1S/C18H19NO5S2/c1-3-23-13-7-11-6-10(2)24-14(11)8-12(13)9-15-17(22)19(18(25)26-15)5-4-16(20)21/h7-10H,3-6H2,1-2H3,(H,20,21)/b15-9-. The number of thioether (sulfide) groups is 1. The number of amides is 1. The zero-order chi connectivity index (χ0) is 18.8. The fourth-order valence-electron chi connectivity index (χ4n) is 2.89. The Bertz CT molecular complexity index is 805. The first-order valence-corrected chi connectivity index (χ1v) is 9.55. The van der Waals surface area contributed by atoms with E-state index in [1.54, 1.807) is 6.08 Å². The second-order valence-electron chi connectivity index (χ2n) is 6.04. The van der Waals surface area contributed by atoms with Crippen molar-refractivity contribution in [1.82, 2.24) is 4.90 Å². The van der Waals surface area contributed by atoms with Gasteiger partial charge in [0, 0.05) is 24.1 Å². The summed E-state index contributed by atoms with van der Waals surface area (Å²) < 4.78 is 11.9. The second kappa shape index (κ2) is 7.67. The van der Waals surface area contributed by atoms with Crippen molar-refractivity contribution in [1.29, 1.82) is 0 Å². The summed E-state index contributed by atoms with van der Waals surface area (Å²) >= 11 is 6.39. The molecule has 0 aliphatic carbocycles. The highest BCUT2D eigenvalue weighted by Gasteiger charge is 2.32. The van der Waals surface area contributed by atoms with E-state index in [0.29, 0.717) is 21.6 Å². The Morgan fingerprint density at radius 2 is 2.31 bits per heavy atom. The number of carboxylic acids is 1. The lowest BCUT2D eigenvalue weighted by molar-refractivity contribution is -0.137. The van der Waals surface area contributed by atoms with Gasteiger partial charge >= 0.3 is 5.97 Å². The molecule has 2 heterocycles. The molecule has 2 aliphatic rings. The zero-order valence-corrected chi connectivity index (χ0v) is 16.1. The number of rotatable bonds is 6. The van der Waals surface area contributed by atoms with Crippen LogP contribution >= 0.6 is 24.0 Å².